The Morgan fingerprint density at radius 2 is 2.04 bits per heavy atom. The van der Waals surface area contributed by atoms with Crippen LogP contribution in [0, 0.1) is 18.3 Å². The third-order valence-electron chi connectivity index (χ3n) is 3.08. The number of hydrogen-bond donors (Lipinski definition) is 2. The average Bonchev–Trinajstić information content (AvgIpc) is 3.00. The van der Waals surface area contributed by atoms with Gasteiger partial charge in [0.15, 0.2) is 5.82 Å². The van der Waals surface area contributed by atoms with Gasteiger partial charge in [-0.05, 0) is 19.1 Å². The van der Waals surface area contributed by atoms with Crippen molar-refractivity contribution in [1.29, 1.82) is 5.26 Å². The molecule has 2 N–H and O–H groups in total. The van der Waals surface area contributed by atoms with Crippen LogP contribution in [-0.4, -0.2) is 21.0 Å². The molecule has 24 heavy (non-hydrogen) atoms. The Hall–Kier alpha value is -3.73. The molecular weight excluding hydrogens is 308 g/mol. The number of amides is 1. The quantitative estimate of drug-likeness (QED) is 0.758. The van der Waals surface area contributed by atoms with E-state index in [-0.39, 0.29) is 5.69 Å². The molecule has 0 bridgehead atoms. The largest absolute Gasteiger partial charge is 0.360 e. The smallest absolute Gasteiger partial charge is 0.274 e. The Morgan fingerprint density at radius 3 is 2.79 bits per heavy atom. The topological polar surface area (TPSA) is 117 Å². The predicted octanol–water partition coefficient (Wildman–Crippen LogP) is 2.64. The van der Waals surface area contributed by atoms with Crippen LogP contribution in [0.3, 0.4) is 0 Å². The van der Waals surface area contributed by atoms with Crippen molar-refractivity contribution in [2.24, 2.45) is 0 Å². The van der Waals surface area contributed by atoms with Crippen molar-refractivity contribution in [3.8, 4) is 6.07 Å². The van der Waals surface area contributed by atoms with Crippen molar-refractivity contribution in [3.05, 3.63) is 59.7 Å². The Kier molecular flexibility index (Phi) is 4.16. The summed E-state index contributed by atoms with van der Waals surface area (Å²) in [6.45, 7) is 1.77. The lowest BCUT2D eigenvalue weighted by atomic mass is 10.2. The predicted molar refractivity (Wildman–Crippen MR) is 85.7 cm³/mol. The molecule has 8 nitrogen and oxygen atoms in total. The van der Waals surface area contributed by atoms with E-state index in [2.05, 4.69) is 25.8 Å². The highest BCUT2D eigenvalue weighted by molar-refractivity contribution is 6.03. The number of nitrogens with one attached hydrogen (secondary N) is 2. The number of carbonyl (C=O) groups is 1. The summed E-state index contributed by atoms with van der Waals surface area (Å²) < 4.78 is 4.95. The number of anilines is 3. The summed E-state index contributed by atoms with van der Waals surface area (Å²) in [5.41, 5.74) is 0.946. The molecule has 1 aromatic carbocycles. The highest BCUT2D eigenvalue weighted by Gasteiger charge is 2.12. The molecule has 2 heterocycles. The van der Waals surface area contributed by atoms with E-state index in [0.717, 1.165) is 0 Å². The Labute approximate surface area is 137 Å². The number of rotatable bonds is 4. The van der Waals surface area contributed by atoms with E-state index in [1.54, 1.807) is 37.3 Å². The van der Waals surface area contributed by atoms with Crippen molar-refractivity contribution in [2.75, 3.05) is 10.6 Å². The van der Waals surface area contributed by atoms with Crippen LogP contribution in [0.15, 0.2) is 47.2 Å². The molecule has 0 aliphatic rings. The lowest BCUT2D eigenvalue weighted by molar-refractivity contribution is 0.102. The molecule has 1 amide bonds. The van der Waals surface area contributed by atoms with Gasteiger partial charge in [0.05, 0.1) is 11.3 Å². The first-order chi connectivity index (χ1) is 11.7. The van der Waals surface area contributed by atoms with Gasteiger partial charge in [-0.15, -0.1) is 0 Å². The van der Waals surface area contributed by atoms with Gasteiger partial charge in [-0.2, -0.15) is 5.26 Å². The van der Waals surface area contributed by atoms with Crippen LogP contribution in [-0.2, 0) is 0 Å². The van der Waals surface area contributed by atoms with Crippen LogP contribution in [0.1, 0.15) is 21.8 Å². The average molecular weight is 320 g/mol. The number of aryl methyl sites for hydroxylation is 1. The van der Waals surface area contributed by atoms with Gasteiger partial charge in [0.25, 0.3) is 5.91 Å². The number of nitrogens with zero attached hydrogens (tertiary/aromatic N) is 4. The zero-order valence-corrected chi connectivity index (χ0v) is 12.6. The summed E-state index contributed by atoms with van der Waals surface area (Å²) in [4.78, 5) is 20.3. The van der Waals surface area contributed by atoms with Gasteiger partial charge in [-0.25, -0.2) is 9.97 Å². The second-order valence-electron chi connectivity index (χ2n) is 4.85. The molecule has 8 heteroatoms. The Bertz CT molecular complexity index is 928. The van der Waals surface area contributed by atoms with Crippen molar-refractivity contribution in [3.63, 3.8) is 0 Å². The van der Waals surface area contributed by atoms with Gasteiger partial charge in [0.1, 0.15) is 29.7 Å². The maximum Gasteiger partial charge on any atom is 0.274 e. The summed E-state index contributed by atoms with van der Waals surface area (Å²) >= 11 is 0. The number of carbonyl (C=O) groups excluding carboxylic acids is 1. The van der Waals surface area contributed by atoms with Crippen molar-refractivity contribution in [1.82, 2.24) is 15.1 Å². The summed E-state index contributed by atoms with van der Waals surface area (Å²) in [7, 11) is 0. The van der Waals surface area contributed by atoms with E-state index in [4.69, 9.17) is 9.78 Å². The highest BCUT2D eigenvalue weighted by atomic mass is 16.5. The lowest BCUT2D eigenvalue weighted by Crippen LogP contribution is -2.15. The second-order valence-corrected chi connectivity index (χ2v) is 4.85. The van der Waals surface area contributed by atoms with Gasteiger partial charge in [-0.1, -0.05) is 17.3 Å². The van der Waals surface area contributed by atoms with E-state index in [9.17, 15) is 4.79 Å². The monoisotopic (exact) mass is 320 g/mol. The van der Waals surface area contributed by atoms with Crippen molar-refractivity contribution in [2.45, 2.75) is 6.92 Å². The third kappa shape index (κ3) is 3.36. The maximum atomic E-state index is 12.3. The Balaban J connectivity index is 1.78. The molecule has 118 valence electrons. The van der Waals surface area contributed by atoms with Gasteiger partial charge in [0, 0.05) is 12.1 Å². The maximum absolute atomic E-state index is 12.3. The fourth-order valence-electron chi connectivity index (χ4n) is 1.98. The van der Waals surface area contributed by atoms with Gasteiger partial charge >= 0.3 is 0 Å². The molecule has 0 radical (unpaired) electrons. The summed E-state index contributed by atoms with van der Waals surface area (Å²) in [5, 5.41) is 18.4. The minimum atomic E-state index is -0.445. The van der Waals surface area contributed by atoms with E-state index in [0.29, 0.717) is 28.6 Å². The molecule has 0 aliphatic carbocycles. The lowest BCUT2D eigenvalue weighted by Gasteiger charge is -2.07. The third-order valence-corrected chi connectivity index (χ3v) is 3.08. The fourth-order valence-corrected chi connectivity index (χ4v) is 1.98. The number of hydrogen-bond acceptors (Lipinski definition) is 7. The molecule has 0 unspecified atom stereocenters. The molecule has 3 rings (SSSR count). The van der Waals surface area contributed by atoms with Crippen LogP contribution in [0.2, 0.25) is 0 Å². The van der Waals surface area contributed by atoms with Crippen LogP contribution in [0.25, 0.3) is 0 Å². The molecule has 0 atom stereocenters. The standard InChI is InChI=1S/C16H12N6O2/c1-10-6-15(22-24-10)21-14-7-13(18-9-19-14)16(23)20-12-5-3-2-4-11(12)8-17/h2-7,9H,1H3,(H,20,23)(H,18,19,21,22). The van der Waals surface area contributed by atoms with Gasteiger partial charge in [-0.3, -0.25) is 4.79 Å². The van der Waals surface area contributed by atoms with Crippen LogP contribution in [0.5, 0.6) is 0 Å². The SMILES string of the molecule is Cc1cc(Nc2cc(C(=O)Nc3ccccc3C#N)ncn2)no1. The van der Waals surface area contributed by atoms with E-state index in [1.807, 2.05) is 6.07 Å². The summed E-state index contributed by atoms with van der Waals surface area (Å²) in [6.07, 6.45) is 1.26. The van der Waals surface area contributed by atoms with Crippen LogP contribution < -0.4 is 10.6 Å². The number of aromatic nitrogens is 3. The van der Waals surface area contributed by atoms with E-state index >= 15 is 0 Å². The van der Waals surface area contributed by atoms with E-state index in [1.165, 1.54) is 12.4 Å². The van der Waals surface area contributed by atoms with Gasteiger partial charge < -0.3 is 15.2 Å². The normalized spacial score (nSPS) is 10.0. The number of para-hydroxylation sites is 1. The summed E-state index contributed by atoms with van der Waals surface area (Å²) in [5.74, 6) is 1.08. The zero-order valence-electron chi connectivity index (χ0n) is 12.6. The molecule has 0 saturated carbocycles. The molecule has 2 aromatic heterocycles. The molecular formula is C16H12N6O2. The highest BCUT2D eigenvalue weighted by Crippen LogP contribution is 2.17. The minimum absolute atomic E-state index is 0.153. The summed E-state index contributed by atoms with van der Waals surface area (Å²) in [6, 6.07) is 11.9. The molecule has 0 saturated heterocycles. The Morgan fingerprint density at radius 1 is 1.21 bits per heavy atom. The minimum Gasteiger partial charge on any atom is -0.360 e. The number of nitriles is 1. The van der Waals surface area contributed by atoms with Crippen LogP contribution in [0.4, 0.5) is 17.3 Å². The first-order valence-electron chi connectivity index (χ1n) is 6.98. The van der Waals surface area contributed by atoms with Crippen molar-refractivity contribution < 1.29 is 9.32 Å². The van der Waals surface area contributed by atoms with Crippen molar-refractivity contribution >= 4 is 23.2 Å². The zero-order chi connectivity index (χ0) is 16.9. The molecule has 3 aromatic rings. The molecule has 0 aliphatic heterocycles. The molecule has 0 spiro atoms. The first-order valence-corrected chi connectivity index (χ1v) is 6.98. The van der Waals surface area contributed by atoms with E-state index < -0.39 is 5.91 Å². The second kappa shape index (κ2) is 6.58. The van der Waals surface area contributed by atoms with Gasteiger partial charge in [0.2, 0.25) is 0 Å². The number of benzene rings is 1. The van der Waals surface area contributed by atoms with Crippen LogP contribution >= 0.6 is 0 Å². The molecule has 0 fully saturated rings. The fraction of sp³-hybridized carbons (Fsp3) is 0.0625. The first kappa shape index (κ1) is 15.2.